The molecule has 1 aliphatic rings. The Bertz CT molecular complexity index is 1070. The Hall–Kier alpha value is -2.80. The largest absolute Gasteiger partial charge is 0.497 e. The van der Waals surface area contributed by atoms with Crippen molar-refractivity contribution in [2.24, 2.45) is 0 Å². The maximum Gasteiger partial charge on any atom is 0.234 e. The van der Waals surface area contributed by atoms with Crippen LogP contribution >= 0.6 is 11.8 Å². The van der Waals surface area contributed by atoms with Crippen molar-refractivity contribution in [2.75, 3.05) is 25.3 Å². The van der Waals surface area contributed by atoms with E-state index in [1.165, 1.54) is 31.0 Å². The minimum atomic E-state index is -0.126. The van der Waals surface area contributed by atoms with Gasteiger partial charge in [0, 0.05) is 17.4 Å². The minimum Gasteiger partial charge on any atom is -0.497 e. The number of hydrogen-bond acceptors (Lipinski definition) is 6. The van der Waals surface area contributed by atoms with Crippen LogP contribution in [-0.4, -0.2) is 35.8 Å². The van der Waals surface area contributed by atoms with Gasteiger partial charge >= 0.3 is 0 Å². The van der Waals surface area contributed by atoms with Gasteiger partial charge in [0.25, 0.3) is 0 Å². The molecule has 1 aromatic heterocycles. The van der Waals surface area contributed by atoms with Crippen molar-refractivity contribution in [1.29, 1.82) is 0 Å². The number of fused-ring (bicyclic) bond motifs is 1. The first-order chi connectivity index (χ1) is 15.2. The lowest BCUT2D eigenvalue weighted by Gasteiger charge is -2.21. The van der Waals surface area contributed by atoms with Crippen molar-refractivity contribution in [3.8, 4) is 11.5 Å². The lowest BCUT2D eigenvalue weighted by molar-refractivity contribution is -0.113. The van der Waals surface area contributed by atoms with Gasteiger partial charge in [-0.1, -0.05) is 49.2 Å². The molecule has 0 unspecified atom stereocenters. The molecule has 1 N–H and O–H groups in total. The number of hydrogen-bond donors (Lipinski definition) is 1. The third kappa shape index (κ3) is 5.10. The van der Waals surface area contributed by atoms with Crippen molar-refractivity contribution < 1.29 is 14.3 Å². The van der Waals surface area contributed by atoms with Gasteiger partial charge in [-0.25, -0.2) is 9.97 Å². The molecule has 1 amide bonds. The number of methoxy groups -OCH3 is 2. The number of para-hydroxylation sites is 1. The molecule has 0 bridgehead atoms. The lowest BCUT2D eigenvalue weighted by Crippen LogP contribution is -2.15. The van der Waals surface area contributed by atoms with Crippen LogP contribution in [0.15, 0.2) is 47.5 Å². The second kappa shape index (κ2) is 10.0. The van der Waals surface area contributed by atoms with Gasteiger partial charge in [0.2, 0.25) is 5.91 Å². The highest BCUT2D eigenvalue weighted by Crippen LogP contribution is 2.34. The second-order valence-electron chi connectivity index (χ2n) is 7.64. The summed E-state index contributed by atoms with van der Waals surface area (Å²) in [5.41, 5.74) is 1.53. The average molecular weight is 438 g/mol. The number of carbonyl (C=O) groups is 1. The van der Waals surface area contributed by atoms with Crippen molar-refractivity contribution >= 4 is 34.3 Å². The molecule has 7 heteroatoms. The van der Waals surface area contributed by atoms with Gasteiger partial charge in [0.1, 0.15) is 22.3 Å². The quantitative estimate of drug-likeness (QED) is 0.393. The van der Waals surface area contributed by atoms with Crippen LogP contribution in [0, 0.1) is 0 Å². The fourth-order valence-electron chi connectivity index (χ4n) is 3.95. The number of anilines is 1. The van der Waals surface area contributed by atoms with Crippen LogP contribution in [0.1, 0.15) is 43.8 Å². The molecular weight excluding hydrogens is 410 g/mol. The van der Waals surface area contributed by atoms with Crippen molar-refractivity contribution in [3.05, 3.63) is 48.3 Å². The van der Waals surface area contributed by atoms with Gasteiger partial charge in [-0.15, -0.1) is 0 Å². The van der Waals surface area contributed by atoms with E-state index in [1.54, 1.807) is 32.4 Å². The normalized spacial score (nSPS) is 14.4. The van der Waals surface area contributed by atoms with Crippen LogP contribution in [0.3, 0.4) is 0 Å². The van der Waals surface area contributed by atoms with Crippen LogP contribution in [0.4, 0.5) is 5.69 Å². The number of carbonyl (C=O) groups excluding carboxylic acids is 1. The first-order valence-electron chi connectivity index (χ1n) is 10.6. The average Bonchev–Trinajstić information content (AvgIpc) is 2.82. The highest BCUT2D eigenvalue weighted by molar-refractivity contribution is 8.00. The number of nitrogens with one attached hydrogen (secondary N) is 1. The maximum absolute atomic E-state index is 12.7. The highest BCUT2D eigenvalue weighted by atomic mass is 32.2. The van der Waals surface area contributed by atoms with Crippen LogP contribution in [0.25, 0.3) is 10.9 Å². The van der Waals surface area contributed by atoms with E-state index in [-0.39, 0.29) is 11.7 Å². The molecule has 4 rings (SSSR count). The smallest absolute Gasteiger partial charge is 0.234 e. The third-order valence-electron chi connectivity index (χ3n) is 5.58. The zero-order valence-corrected chi connectivity index (χ0v) is 18.7. The third-order valence-corrected chi connectivity index (χ3v) is 6.57. The molecule has 6 nitrogen and oxygen atoms in total. The van der Waals surface area contributed by atoms with E-state index >= 15 is 0 Å². The van der Waals surface area contributed by atoms with E-state index in [0.29, 0.717) is 23.1 Å². The van der Waals surface area contributed by atoms with E-state index in [9.17, 15) is 4.79 Å². The summed E-state index contributed by atoms with van der Waals surface area (Å²) in [5, 5.41) is 4.77. The molecule has 31 heavy (non-hydrogen) atoms. The Kier molecular flexibility index (Phi) is 6.92. The summed E-state index contributed by atoms with van der Waals surface area (Å²) in [6, 6.07) is 13.3. The summed E-state index contributed by atoms with van der Waals surface area (Å²) >= 11 is 1.44. The molecule has 0 atom stereocenters. The number of nitrogens with zero attached hydrogens (tertiary/aromatic N) is 2. The van der Waals surface area contributed by atoms with Crippen LogP contribution in [0.5, 0.6) is 11.5 Å². The second-order valence-corrected chi connectivity index (χ2v) is 8.61. The van der Waals surface area contributed by atoms with Gasteiger partial charge < -0.3 is 14.8 Å². The summed E-state index contributed by atoms with van der Waals surface area (Å²) in [6.07, 6.45) is 6.03. The molecule has 1 fully saturated rings. The predicted molar refractivity (Wildman–Crippen MR) is 124 cm³/mol. The molecule has 0 radical (unpaired) electrons. The fourth-order valence-corrected chi connectivity index (χ4v) is 4.78. The van der Waals surface area contributed by atoms with Crippen molar-refractivity contribution in [3.63, 3.8) is 0 Å². The molecule has 1 aliphatic carbocycles. The van der Waals surface area contributed by atoms with E-state index < -0.39 is 0 Å². The molecule has 3 aromatic rings. The zero-order chi connectivity index (χ0) is 21.6. The van der Waals surface area contributed by atoms with Crippen LogP contribution in [0.2, 0.25) is 0 Å². The Balaban J connectivity index is 1.52. The van der Waals surface area contributed by atoms with Crippen LogP contribution < -0.4 is 14.8 Å². The highest BCUT2D eigenvalue weighted by Gasteiger charge is 2.20. The van der Waals surface area contributed by atoms with Crippen molar-refractivity contribution in [1.82, 2.24) is 9.97 Å². The molecule has 2 aromatic carbocycles. The molecule has 0 spiro atoms. The maximum atomic E-state index is 12.7. The molecule has 0 aliphatic heterocycles. The van der Waals surface area contributed by atoms with Gasteiger partial charge in [-0.05, 0) is 31.0 Å². The van der Waals surface area contributed by atoms with Gasteiger partial charge in [-0.3, -0.25) is 4.79 Å². The van der Waals surface area contributed by atoms with E-state index in [1.807, 2.05) is 24.3 Å². The predicted octanol–water partition coefficient (Wildman–Crippen LogP) is 5.43. The van der Waals surface area contributed by atoms with Crippen LogP contribution in [-0.2, 0) is 4.79 Å². The molecule has 162 valence electrons. The number of ether oxygens (including phenoxy) is 2. The number of aromatic nitrogens is 2. The molecular formula is C24H27N3O3S. The SMILES string of the molecule is COc1ccc(OC)c(NC(=O)CSc2nc(C3CCCCC3)nc3ccccc23)c1. The Morgan fingerprint density at radius 3 is 2.65 bits per heavy atom. The minimum absolute atomic E-state index is 0.126. The van der Waals surface area contributed by atoms with E-state index in [2.05, 4.69) is 5.32 Å². The number of rotatable bonds is 7. The van der Waals surface area contributed by atoms with E-state index in [0.717, 1.165) is 34.6 Å². The summed E-state index contributed by atoms with van der Waals surface area (Å²) in [5.74, 6) is 2.68. The lowest BCUT2D eigenvalue weighted by atomic mass is 9.88. The Morgan fingerprint density at radius 2 is 1.87 bits per heavy atom. The molecule has 1 heterocycles. The number of thioether (sulfide) groups is 1. The standard InChI is InChI=1S/C24H27N3O3S/c1-29-17-12-13-21(30-2)20(14-17)25-22(28)15-31-24-18-10-6-7-11-19(18)26-23(27-24)16-8-4-3-5-9-16/h6-7,10-14,16H,3-5,8-9,15H2,1-2H3,(H,25,28). The summed E-state index contributed by atoms with van der Waals surface area (Å²) < 4.78 is 10.6. The zero-order valence-electron chi connectivity index (χ0n) is 17.9. The first-order valence-corrected chi connectivity index (χ1v) is 11.6. The fraction of sp³-hybridized carbons (Fsp3) is 0.375. The number of benzene rings is 2. The monoisotopic (exact) mass is 437 g/mol. The van der Waals surface area contributed by atoms with Gasteiger partial charge in [0.05, 0.1) is 31.2 Å². The Morgan fingerprint density at radius 1 is 1.06 bits per heavy atom. The summed E-state index contributed by atoms with van der Waals surface area (Å²) in [4.78, 5) is 22.4. The summed E-state index contributed by atoms with van der Waals surface area (Å²) in [7, 11) is 3.17. The Labute approximate surface area is 186 Å². The van der Waals surface area contributed by atoms with E-state index in [4.69, 9.17) is 19.4 Å². The van der Waals surface area contributed by atoms with Gasteiger partial charge in [0.15, 0.2) is 0 Å². The molecule has 1 saturated carbocycles. The topological polar surface area (TPSA) is 73.3 Å². The number of amides is 1. The first kappa shape index (κ1) is 21.4. The van der Waals surface area contributed by atoms with Gasteiger partial charge in [-0.2, -0.15) is 0 Å². The summed E-state index contributed by atoms with van der Waals surface area (Å²) in [6.45, 7) is 0. The molecule has 0 saturated heterocycles. The van der Waals surface area contributed by atoms with Crippen molar-refractivity contribution in [2.45, 2.75) is 43.0 Å².